The van der Waals surface area contributed by atoms with E-state index < -0.39 is 0 Å². The summed E-state index contributed by atoms with van der Waals surface area (Å²) in [4.78, 5) is 4.17. The molecule has 2 rings (SSSR count). The third-order valence-electron chi connectivity index (χ3n) is 3.06. The molecule has 0 atom stereocenters. The molecule has 2 aromatic rings. The Balaban J connectivity index is 2.07. The van der Waals surface area contributed by atoms with Crippen molar-refractivity contribution in [2.24, 2.45) is 7.05 Å². The van der Waals surface area contributed by atoms with Crippen LogP contribution in [0.1, 0.15) is 24.7 Å². The molecule has 0 saturated carbocycles. The highest BCUT2D eigenvalue weighted by molar-refractivity contribution is 5.35. The van der Waals surface area contributed by atoms with Gasteiger partial charge in [-0.15, -0.1) is 0 Å². The first-order chi connectivity index (χ1) is 9.72. The number of ether oxygens (including phenoxy) is 1. The Labute approximate surface area is 118 Å². The van der Waals surface area contributed by atoms with Gasteiger partial charge in [0.15, 0.2) is 11.6 Å². The number of hydrogen-bond donors (Lipinski definition) is 1. The lowest BCUT2D eigenvalue weighted by Gasteiger charge is -2.13. The largest absolute Gasteiger partial charge is 0.482 e. The van der Waals surface area contributed by atoms with Crippen molar-refractivity contribution < 1.29 is 9.13 Å². The second kappa shape index (κ2) is 7.05. The van der Waals surface area contributed by atoms with Crippen molar-refractivity contribution in [3.63, 3.8) is 0 Å². The van der Waals surface area contributed by atoms with E-state index in [1.54, 1.807) is 12.3 Å². The maximum atomic E-state index is 13.9. The molecule has 1 aromatic carbocycles. The SMILES string of the molecule is CCCNCc1cccc(F)c1OCc1nccn1C. The predicted molar refractivity (Wildman–Crippen MR) is 75.9 cm³/mol. The van der Waals surface area contributed by atoms with Crippen molar-refractivity contribution in [1.29, 1.82) is 0 Å². The normalized spacial score (nSPS) is 10.8. The van der Waals surface area contributed by atoms with Crippen molar-refractivity contribution in [3.05, 3.63) is 47.8 Å². The van der Waals surface area contributed by atoms with Crippen LogP contribution in [0.3, 0.4) is 0 Å². The molecule has 0 bridgehead atoms. The first-order valence-electron chi connectivity index (χ1n) is 6.79. The molecule has 0 fully saturated rings. The van der Waals surface area contributed by atoms with Crippen LogP contribution in [0.4, 0.5) is 4.39 Å². The summed E-state index contributed by atoms with van der Waals surface area (Å²) in [5.41, 5.74) is 0.827. The van der Waals surface area contributed by atoms with E-state index in [9.17, 15) is 4.39 Å². The minimum absolute atomic E-state index is 0.255. The quantitative estimate of drug-likeness (QED) is 0.791. The molecule has 108 valence electrons. The van der Waals surface area contributed by atoms with Gasteiger partial charge in [0.2, 0.25) is 0 Å². The molecule has 0 aliphatic heterocycles. The van der Waals surface area contributed by atoms with E-state index in [0.717, 1.165) is 24.4 Å². The van der Waals surface area contributed by atoms with E-state index in [4.69, 9.17) is 4.74 Å². The van der Waals surface area contributed by atoms with Gasteiger partial charge in [0.1, 0.15) is 12.4 Å². The fourth-order valence-corrected chi connectivity index (χ4v) is 1.93. The van der Waals surface area contributed by atoms with E-state index in [-0.39, 0.29) is 12.4 Å². The molecule has 0 unspecified atom stereocenters. The van der Waals surface area contributed by atoms with Crippen LogP contribution in [0.2, 0.25) is 0 Å². The van der Waals surface area contributed by atoms with E-state index in [0.29, 0.717) is 12.3 Å². The van der Waals surface area contributed by atoms with Crippen molar-refractivity contribution in [2.45, 2.75) is 26.5 Å². The van der Waals surface area contributed by atoms with Crippen molar-refractivity contribution in [1.82, 2.24) is 14.9 Å². The highest BCUT2D eigenvalue weighted by atomic mass is 19.1. The van der Waals surface area contributed by atoms with E-state index in [1.165, 1.54) is 6.07 Å². The van der Waals surface area contributed by atoms with Crippen molar-refractivity contribution in [2.75, 3.05) is 6.54 Å². The third-order valence-corrected chi connectivity index (χ3v) is 3.06. The Kier molecular flexibility index (Phi) is 5.12. The van der Waals surface area contributed by atoms with Crippen molar-refractivity contribution in [3.8, 4) is 5.75 Å². The molecule has 0 aliphatic rings. The van der Waals surface area contributed by atoms with Crippen LogP contribution in [0.15, 0.2) is 30.6 Å². The Morgan fingerprint density at radius 1 is 1.40 bits per heavy atom. The summed E-state index contributed by atoms with van der Waals surface area (Å²) in [6.07, 6.45) is 4.58. The molecular weight excluding hydrogens is 257 g/mol. The maximum Gasteiger partial charge on any atom is 0.165 e. The molecule has 20 heavy (non-hydrogen) atoms. The van der Waals surface area contributed by atoms with Crippen LogP contribution >= 0.6 is 0 Å². The average molecular weight is 277 g/mol. The van der Waals surface area contributed by atoms with Crippen LogP contribution in [0, 0.1) is 5.82 Å². The van der Waals surface area contributed by atoms with Crippen molar-refractivity contribution >= 4 is 0 Å². The van der Waals surface area contributed by atoms with Crippen LogP contribution < -0.4 is 10.1 Å². The lowest BCUT2D eigenvalue weighted by Crippen LogP contribution is -2.15. The number of nitrogens with zero attached hydrogens (tertiary/aromatic N) is 2. The van der Waals surface area contributed by atoms with Gasteiger partial charge in [-0.25, -0.2) is 9.37 Å². The van der Waals surface area contributed by atoms with Crippen LogP contribution in [0.25, 0.3) is 0 Å². The molecule has 0 spiro atoms. The molecule has 0 aliphatic carbocycles. The molecule has 0 amide bonds. The van der Waals surface area contributed by atoms with E-state index in [2.05, 4.69) is 17.2 Å². The maximum absolute atomic E-state index is 13.9. The van der Waals surface area contributed by atoms with Crippen LogP contribution in [-0.2, 0) is 20.2 Å². The molecular formula is C15H20FN3O. The summed E-state index contributed by atoms with van der Waals surface area (Å²) in [6.45, 7) is 3.85. The summed E-state index contributed by atoms with van der Waals surface area (Å²) >= 11 is 0. The third kappa shape index (κ3) is 3.57. The number of rotatable bonds is 7. The number of aryl methyl sites for hydroxylation is 1. The number of benzene rings is 1. The summed E-state index contributed by atoms with van der Waals surface area (Å²) < 4.78 is 21.4. The first-order valence-corrected chi connectivity index (χ1v) is 6.79. The summed E-state index contributed by atoms with van der Waals surface area (Å²) in [5, 5.41) is 3.26. The topological polar surface area (TPSA) is 39.1 Å². The first kappa shape index (κ1) is 14.5. The van der Waals surface area contributed by atoms with Crippen LogP contribution in [-0.4, -0.2) is 16.1 Å². The molecule has 4 nitrogen and oxygen atoms in total. The molecule has 1 aromatic heterocycles. The van der Waals surface area contributed by atoms with E-state index >= 15 is 0 Å². The van der Waals surface area contributed by atoms with Gasteiger partial charge in [-0.3, -0.25) is 0 Å². The van der Waals surface area contributed by atoms with Gasteiger partial charge in [0.25, 0.3) is 0 Å². The zero-order valence-corrected chi connectivity index (χ0v) is 11.9. The van der Waals surface area contributed by atoms with Crippen LogP contribution in [0.5, 0.6) is 5.75 Å². The highest BCUT2D eigenvalue weighted by Crippen LogP contribution is 2.23. The zero-order valence-electron chi connectivity index (χ0n) is 11.9. The summed E-state index contributed by atoms with van der Waals surface area (Å²) in [6, 6.07) is 4.99. The number of imidazole rings is 1. The zero-order chi connectivity index (χ0) is 14.4. The smallest absolute Gasteiger partial charge is 0.165 e. The summed E-state index contributed by atoms with van der Waals surface area (Å²) in [7, 11) is 1.89. The number of aromatic nitrogens is 2. The number of hydrogen-bond acceptors (Lipinski definition) is 3. The molecule has 0 saturated heterocycles. The Morgan fingerprint density at radius 2 is 2.25 bits per heavy atom. The van der Waals surface area contributed by atoms with Gasteiger partial charge in [-0.2, -0.15) is 0 Å². The van der Waals surface area contributed by atoms with Gasteiger partial charge < -0.3 is 14.6 Å². The van der Waals surface area contributed by atoms with Gasteiger partial charge >= 0.3 is 0 Å². The molecule has 1 heterocycles. The minimum Gasteiger partial charge on any atom is -0.482 e. The second-order valence-corrected chi connectivity index (χ2v) is 4.65. The Bertz CT molecular complexity index is 554. The Morgan fingerprint density at radius 3 is 2.95 bits per heavy atom. The highest BCUT2D eigenvalue weighted by Gasteiger charge is 2.11. The fraction of sp³-hybridized carbons (Fsp3) is 0.400. The lowest BCUT2D eigenvalue weighted by atomic mass is 10.2. The standard InChI is InChI=1S/C15H20FN3O/c1-3-7-17-10-12-5-4-6-13(16)15(12)20-11-14-18-8-9-19(14)2/h4-6,8-9,17H,3,7,10-11H2,1-2H3. The number of halogens is 1. The second-order valence-electron chi connectivity index (χ2n) is 4.65. The fourth-order valence-electron chi connectivity index (χ4n) is 1.93. The van der Waals surface area contributed by atoms with Gasteiger partial charge in [-0.05, 0) is 19.0 Å². The lowest BCUT2D eigenvalue weighted by molar-refractivity contribution is 0.273. The summed E-state index contributed by atoms with van der Waals surface area (Å²) in [5.74, 6) is 0.731. The molecule has 1 N–H and O–H groups in total. The number of nitrogens with one attached hydrogen (secondary N) is 1. The van der Waals surface area contributed by atoms with Gasteiger partial charge in [0, 0.05) is 31.5 Å². The Hall–Kier alpha value is -1.88. The molecule has 0 radical (unpaired) electrons. The average Bonchev–Trinajstić information content (AvgIpc) is 2.84. The monoisotopic (exact) mass is 277 g/mol. The van der Waals surface area contributed by atoms with E-state index in [1.807, 2.05) is 23.9 Å². The predicted octanol–water partition coefficient (Wildman–Crippen LogP) is 2.64. The number of para-hydroxylation sites is 1. The van der Waals surface area contributed by atoms with Gasteiger partial charge in [0.05, 0.1) is 0 Å². The van der Waals surface area contributed by atoms with Gasteiger partial charge in [-0.1, -0.05) is 19.1 Å². The molecule has 5 heteroatoms. The minimum atomic E-state index is -0.338.